The zero-order valence-corrected chi connectivity index (χ0v) is 8.05. The van der Waals surface area contributed by atoms with Crippen LogP contribution in [-0.4, -0.2) is 10.1 Å². The molecule has 1 heterocycles. The summed E-state index contributed by atoms with van der Waals surface area (Å²) in [6.07, 6.45) is 0. The molecule has 72 valence electrons. The maximum Gasteiger partial charge on any atom is 0.320 e. The first kappa shape index (κ1) is 9.15. The molecule has 1 aromatic heterocycles. The largest absolute Gasteiger partial charge is 0.321 e. The summed E-state index contributed by atoms with van der Waals surface area (Å²) in [5, 5.41) is 3.59. The lowest BCUT2D eigenvalue weighted by Gasteiger charge is -1.97. The second-order valence-electron chi connectivity index (χ2n) is 2.83. The Balaban J connectivity index is 2.47. The van der Waals surface area contributed by atoms with E-state index in [9.17, 15) is 4.39 Å². The van der Waals surface area contributed by atoms with Gasteiger partial charge in [0.1, 0.15) is 5.82 Å². The van der Waals surface area contributed by atoms with Crippen LogP contribution in [0.5, 0.6) is 0 Å². The van der Waals surface area contributed by atoms with Crippen LogP contribution in [0.2, 0.25) is 5.35 Å². The Morgan fingerprint density at radius 3 is 2.79 bits per heavy atom. The van der Waals surface area contributed by atoms with E-state index in [0.717, 1.165) is 0 Å². The molecule has 0 unspecified atom stereocenters. The quantitative estimate of drug-likeness (QED) is 0.730. The van der Waals surface area contributed by atoms with E-state index in [1.54, 1.807) is 19.1 Å². The Bertz CT molecular complexity index is 470. The predicted molar refractivity (Wildman–Crippen MR) is 49.4 cm³/mol. The SMILES string of the molecule is Cc1cc(-c2noc(Cl)n2)ccc1F. The minimum absolute atomic E-state index is 0.0259. The highest BCUT2D eigenvalue weighted by Crippen LogP contribution is 2.20. The number of aromatic nitrogens is 2. The van der Waals surface area contributed by atoms with Crippen LogP contribution in [0.15, 0.2) is 22.7 Å². The maximum absolute atomic E-state index is 12.9. The number of benzene rings is 1. The molecule has 0 amide bonds. The fraction of sp³-hybridized carbons (Fsp3) is 0.111. The monoisotopic (exact) mass is 212 g/mol. The first-order chi connectivity index (χ1) is 6.66. The number of nitrogens with zero attached hydrogens (tertiary/aromatic N) is 2. The molecular weight excluding hydrogens is 207 g/mol. The van der Waals surface area contributed by atoms with Crippen molar-refractivity contribution in [3.63, 3.8) is 0 Å². The molecule has 0 spiro atoms. The summed E-state index contributed by atoms with van der Waals surface area (Å²) in [4.78, 5) is 3.82. The van der Waals surface area contributed by atoms with Crippen LogP contribution in [0.1, 0.15) is 5.56 Å². The molecule has 0 fully saturated rings. The van der Waals surface area contributed by atoms with E-state index in [-0.39, 0.29) is 11.2 Å². The second kappa shape index (κ2) is 3.38. The van der Waals surface area contributed by atoms with E-state index in [1.165, 1.54) is 6.07 Å². The van der Waals surface area contributed by atoms with Gasteiger partial charge in [-0.25, -0.2) is 4.39 Å². The Morgan fingerprint density at radius 2 is 2.21 bits per heavy atom. The van der Waals surface area contributed by atoms with Gasteiger partial charge < -0.3 is 4.52 Å². The summed E-state index contributed by atoms with van der Waals surface area (Å²) in [6.45, 7) is 1.67. The van der Waals surface area contributed by atoms with E-state index >= 15 is 0 Å². The third-order valence-electron chi connectivity index (χ3n) is 1.82. The van der Waals surface area contributed by atoms with Crippen molar-refractivity contribution in [2.75, 3.05) is 0 Å². The summed E-state index contributed by atoms with van der Waals surface area (Å²) in [5.74, 6) is 0.0986. The average Bonchev–Trinajstić information content (AvgIpc) is 2.57. The zero-order chi connectivity index (χ0) is 10.1. The number of aryl methyl sites for hydroxylation is 1. The Hall–Kier alpha value is -1.42. The van der Waals surface area contributed by atoms with Crippen molar-refractivity contribution < 1.29 is 8.91 Å². The van der Waals surface area contributed by atoms with Crippen molar-refractivity contribution in [3.05, 3.63) is 34.9 Å². The van der Waals surface area contributed by atoms with Gasteiger partial charge in [0.25, 0.3) is 0 Å². The average molecular weight is 213 g/mol. The van der Waals surface area contributed by atoms with Gasteiger partial charge in [-0.2, -0.15) is 4.98 Å². The van der Waals surface area contributed by atoms with Crippen LogP contribution >= 0.6 is 11.6 Å². The number of rotatable bonds is 1. The molecule has 1 aromatic carbocycles. The molecule has 0 saturated heterocycles. The fourth-order valence-corrected chi connectivity index (χ4v) is 1.22. The van der Waals surface area contributed by atoms with Crippen LogP contribution < -0.4 is 0 Å². The zero-order valence-electron chi connectivity index (χ0n) is 7.29. The highest BCUT2D eigenvalue weighted by Gasteiger charge is 2.07. The Kier molecular flexibility index (Phi) is 2.21. The van der Waals surface area contributed by atoms with Crippen LogP contribution in [0.3, 0.4) is 0 Å². The fourth-order valence-electron chi connectivity index (χ4n) is 1.11. The molecule has 2 aromatic rings. The molecule has 0 aliphatic rings. The van der Waals surface area contributed by atoms with Crippen LogP contribution in [0.4, 0.5) is 4.39 Å². The van der Waals surface area contributed by atoms with Crippen molar-refractivity contribution in [1.29, 1.82) is 0 Å². The van der Waals surface area contributed by atoms with Crippen LogP contribution in [0.25, 0.3) is 11.4 Å². The highest BCUT2D eigenvalue weighted by molar-refractivity contribution is 6.27. The third kappa shape index (κ3) is 1.61. The van der Waals surface area contributed by atoms with Gasteiger partial charge in [0.2, 0.25) is 5.82 Å². The maximum atomic E-state index is 12.9. The standard InChI is InChI=1S/C9H6ClFN2O/c1-5-4-6(2-3-7(5)11)8-12-9(10)14-13-8/h2-4H,1H3. The summed E-state index contributed by atoms with van der Waals surface area (Å²) in [5.41, 5.74) is 1.21. The lowest BCUT2D eigenvalue weighted by molar-refractivity contribution is 0.421. The van der Waals surface area contributed by atoms with Gasteiger partial charge in [0.15, 0.2) is 0 Å². The summed E-state index contributed by atoms with van der Waals surface area (Å²) < 4.78 is 17.5. The lowest BCUT2D eigenvalue weighted by Crippen LogP contribution is -1.85. The first-order valence-electron chi connectivity index (χ1n) is 3.92. The first-order valence-corrected chi connectivity index (χ1v) is 4.30. The summed E-state index contributed by atoms with van der Waals surface area (Å²) in [7, 11) is 0. The van der Waals surface area contributed by atoms with E-state index < -0.39 is 0 Å². The van der Waals surface area contributed by atoms with Gasteiger partial charge in [-0.05, 0) is 42.3 Å². The molecule has 0 atom stereocenters. The molecule has 0 aliphatic heterocycles. The Labute approximate surface area is 84.5 Å². The van der Waals surface area contributed by atoms with Gasteiger partial charge in [0, 0.05) is 5.56 Å². The topological polar surface area (TPSA) is 38.9 Å². The number of hydrogen-bond donors (Lipinski definition) is 0. The van der Waals surface area contributed by atoms with E-state index in [4.69, 9.17) is 11.6 Å². The number of hydrogen-bond acceptors (Lipinski definition) is 3. The highest BCUT2D eigenvalue weighted by atomic mass is 35.5. The Morgan fingerprint density at radius 1 is 1.43 bits per heavy atom. The number of halogens is 2. The van der Waals surface area contributed by atoms with Gasteiger partial charge in [0.05, 0.1) is 0 Å². The third-order valence-corrected chi connectivity index (χ3v) is 1.97. The van der Waals surface area contributed by atoms with Crippen LogP contribution in [0, 0.1) is 12.7 Å². The molecular formula is C9H6ClFN2O. The van der Waals surface area contributed by atoms with Gasteiger partial charge in [-0.1, -0.05) is 5.16 Å². The molecule has 2 rings (SSSR count). The van der Waals surface area contributed by atoms with Crippen LogP contribution in [-0.2, 0) is 0 Å². The van der Waals surface area contributed by atoms with Crippen molar-refractivity contribution in [1.82, 2.24) is 10.1 Å². The van der Waals surface area contributed by atoms with Gasteiger partial charge in [-0.3, -0.25) is 0 Å². The molecule has 0 aliphatic carbocycles. The smallest absolute Gasteiger partial charge is 0.320 e. The molecule has 0 bridgehead atoms. The molecule has 0 radical (unpaired) electrons. The van der Waals surface area contributed by atoms with Crippen molar-refractivity contribution in [3.8, 4) is 11.4 Å². The van der Waals surface area contributed by atoms with Gasteiger partial charge >= 0.3 is 5.35 Å². The predicted octanol–water partition coefficient (Wildman–Crippen LogP) is 2.84. The molecule has 0 N–H and O–H groups in total. The van der Waals surface area contributed by atoms with Gasteiger partial charge in [-0.15, -0.1) is 0 Å². The van der Waals surface area contributed by atoms with Crippen molar-refractivity contribution >= 4 is 11.6 Å². The molecule has 0 saturated carbocycles. The van der Waals surface area contributed by atoms with E-state index in [2.05, 4.69) is 14.7 Å². The summed E-state index contributed by atoms with van der Waals surface area (Å²) >= 11 is 5.47. The molecule has 5 heteroatoms. The minimum Gasteiger partial charge on any atom is -0.321 e. The summed E-state index contributed by atoms with van der Waals surface area (Å²) in [6, 6.07) is 4.56. The minimum atomic E-state index is -0.261. The van der Waals surface area contributed by atoms with E-state index in [0.29, 0.717) is 17.0 Å². The van der Waals surface area contributed by atoms with E-state index in [1.807, 2.05) is 0 Å². The molecule has 14 heavy (non-hydrogen) atoms. The lowest BCUT2D eigenvalue weighted by atomic mass is 10.1. The van der Waals surface area contributed by atoms with Crippen molar-refractivity contribution in [2.45, 2.75) is 6.92 Å². The normalized spacial score (nSPS) is 10.5. The second-order valence-corrected chi connectivity index (χ2v) is 3.16. The van der Waals surface area contributed by atoms with Crippen molar-refractivity contribution in [2.24, 2.45) is 0 Å². The molecule has 3 nitrogen and oxygen atoms in total.